The molecular weight excluding hydrogens is 392 g/mol. The van der Waals surface area contributed by atoms with E-state index in [0.29, 0.717) is 0 Å². The van der Waals surface area contributed by atoms with E-state index < -0.39 is 0 Å². The maximum atomic E-state index is 2.44. The van der Waals surface area contributed by atoms with Gasteiger partial charge < -0.3 is 0 Å². The van der Waals surface area contributed by atoms with Gasteiger partial charge in [0.1, 0.15) is 0 Å². The van der Waals surface area contributed by atoms with Crippen LogP contribution in [-0.2, 0) is 10.9 Å². The van der Waals surface area contributed by atoms with Crippen LogP contribution in [0.25, 0.3) is 0 Å². The van der Waals surface area contributed by atoms with Gasteiger partial charge >= 0.3 is 0 Å². The molecule has 0 saturated heterocycles. The maximum Gasteiger partial charge on any atom is 0.170 e. The Hall–Kier alpha value is -1.99. The van der Waals surface area contributed by atoms with Gasteiger partial charge in [-0.3, -0.25) is 0 Å². The molecule has 2 saturated carbocycles. The average molecular weight is 428 g/mol. The summed E-state index contributed by atoms with van der Waals surface area (Å²) in [6, 6.07) is 30.2. The van der Waals surface area contributed by atoms with Crippen molar-refractivity contribution < 1.29 is 0 Å². The lowest BCUT2D eigenvalue weighted by Gasteiger charge is -2.26. The smallest absolute Gasteiger partial charge is 0.0619 e. The van der Waals surface area contributed by atoms with Gasteiger partial charge in [0, 0.05) is 11.1 Å². The first kappa shape index (κ1) is 20.9. The van der Waals surface area contributed by atoms with Gasteiger partial charge in [0.25, 0.3) is 0 Å². The van der Waals surface area contributed by atoms with Crippen molar-refractivity contribution >= 4 is 10.9 Å². The fourth-order valence-corrected chi connectivity index (χ4v) is 8.31. The predicted molar refractivity (Wildman–Crippen MR) is 133 cm³/mol. The van der Waals surface area contributed by atoms with Gasteiger partial charge in [-0.15, -0.1) is 0 Å². The molecule has 0 aliphatic heterocycles. The fraction of sp³-hybridized carbons (Fsp3) is 0.400. The van der Waals surface area contributed by atoms with Gasteiger partial charge in [0.05, 0.1) is 10.9 Å². The molecule has 0 heterocycles. The zero-order valence-corrected chi connectivity index (χ0v) is 19.5. The van der Waals surface area contributed by atoms with E-state index >= 15 is 0 Å². The van der Waals surface area contributed by atoms with Crippen LogP contribution in [0.1, 0.15) is 87.2 Å². The Labute approximate surface area is 191 Å². The summed E-state index contributed by atoms with van der Waals surface area (Å²) in [7, 11) is -0.0411. The van der Waals surface area contributed by atoms with Crippen LogP contribution >= 0.6 is 0 Å². The molecule has 3 aromatic carbocycles. The fourth-order valence-electron chi connectivity index (χ4n) is 5.76. The molecule has 0 amide bonds. The van der Waals surface area contributed by atoms with Crippen molar-refractivity contribution in [1.82, 2.24) is 0 Å². The third-order valence-corrected chi connectivity index (χ3v) is 9.71. The van der Waals surface area contributed by atoms with Crippen molar-refractivity contribution in [3.05, 3.63) is 90.0 Å². The van der Waals surface area contributed by atoms with E-state index in [1.165, 1.54) is 69.1 Å². The molecule has 0 nitrogen and oxygen atoms in total. The molecule has 0 N–H and O–H groups in total. The highest BCUT2D eigenvalue weighted by atomic mass is 32.2. The van der Waals surface area contributed by atoms with Crippen LogP contribution in [0.3, 0.4) is 0 Å². The highest BCUT2D eigenvalue weighted by Gasteiger charge is 2.36. The Morgan fingerprint density at radius 2 is 0.871 bits per heavy atom. The van der Waals surface area contributed by atoms with Crippen LogP contribution in [0.5, 0.6) is 0 Å². The largest absolute Gasteiger partial charge is 0.170 e. The maximum absolute atomic E-state index is 2.44. The number of hydrogen-bond acceptors (Lipinski definition) is 0. The van der Waals surface area contributed by atoms with Gasteiger partial charge in [0.2, 0.25) is 0 Å². The second kappa shape index (κ2) is 10.1. The van der Waals surface area contributed by atoms with Crippen molar-refractivity contribution in [3.8, 4) is 0 Å². The van der Waals surface area contributed by atoms with E-state index in [4.69, 9.17) is 0 Å². The van der Waals surface area contributed by atoms with E-state index in [-0.39, 0.29) is 10.9 Å². The third-order valence-electron chi connectivity index (χ3n) is 7.35. The minimum absolute atomic E-state index is 0.0411. The van der Waals surface area contributed by atoms with Crippen molar-refractivity contribution in [2.75, 3.05) is 0 Å². The van der Waals surface area contributed by atoms with Crippen molar-refractivity contribution in [2.45, 2.75) is 90.7 Å². The Morgan fingerprint density at radius 3 is 1.35 bits per heavy atom. The van der Waals surface area contributed by atoms with Crippen molar-refractivity contribution in [3.63, 3.8) is 0 Å². The Morgan fingerprint density at radius 1 is 0.452 bits per heavy atom. The topological polar surface area (TPSA) is 0 Å². The zero-order chi connectivity index (χ0) is 20.9. The van der Waals surface area contributed by atoms with Crippen LogP contribution in [0.15, 0.2) is 93.5 Å². The average Bonchev–Trinajstić information content (AvgIpc) is 2.87. The molecule has 0 unspecified atom stereocenters. The molecule has 160 valence electrons. The number of rotatable bonds is 5. The lowest BCUT2D eigenvalue weighted by atomic mass is 9.84. The molecule has 2 fully saturated rings. The van der Waals surface area contributed by atoms with Gasteiger partial charge in [-0.25, -0.2) is 0 Å². The van der Waals surface area contributed by atoms with Crippen molar-refractivity contribution in [2.24, 2.45) is 0 Å². The lowest BCUT2D eigenvalue weighted by Crippen LogP contribution is -2.15. The first-order chi connectivity index (χ1) is 15.4. The third kappa shape index (κ3) is 4.62. The molecule has 0 radical (unpaired) electrons. The molecule has 5 rings (SSSR count). The first-order valence-electron chi connectivity index (χ1n) is 12.4. The molecule has 31 heavy (non-hydrogen) atoms. The van der Waals surface area contributed by atoms with Crippen LogP contribution < -0.4 is 0 Å². The van der Waals surface area contributed by atoms with Crippen LogP contribution in [0, 0.1) is 0 Å². The van der Waals surface area contributed by atoms with E-state index in [1.807, 2.05) is 0 Å². The molecule has 0 bridgehead atoms. The van der Waals surface area contributed by atoms with Crippen molar-refractivity contribution in [1.29, 1.82) is 0 Å². The van der Waals surface area contributed by atoms with Crippen LogP contribution in [-0.4, -0.2) is 0 Å². The quantitative estimate of drug-likeness (QED) is 0.357. The molecule has 0 spiro atoms. The highest BCUT2D eigenvalue weighted by Crippen LogP contribution is 2.44. The SMILES string of the molecule is c1ccc([S+](c2ccccc2C2CCCCC2)c2ccccc2C2CCCCC2)cc1. The summed E-state index contributed by atoms with van der Waals surface area (Å²) in [5, 5.41) is 0. The standard InChI is InChI=1S/C30H35S/c1-4-14-24(15-5-1)27-20-10-12-22-29(27)31(26-18-8-3-9-19-26)30-23-13-11-21-28(30)25-16-6-2-7-17-25/h3,8-13,18-25H,1-2,4-7,14-17H2/q+1. The Balaban J connectivity index is 1.64. The molecule has 2 aliphatic rings. The summed E-state index contributed by atoms with van der Waals surface area (Å²) in [6.07, 6.45) is 13.8. The molecular formula is C30H35S+. The predicted octanol–water partition coefficient (Wildman–Crippen LogP) is 8.88. The second-order valence-corrected chi connectivity index (χ2v) is 11.3. The minimum atomic E-state index is -0.0411. The van der Waals surface area contributed by atoms with Crippen LogP contribution in [0.4, 0.5) is 0 Å². The van der Waals surface area contributed by atoms with E-state index in [9.17, 15) is 0 Å². The second-order valence-electron chi connectivity index (χ2n) is 9.36. The van der Waals surface area contributed by atoms with Crippen LogP contribution in [0.2, 0.25) is 0 Å². The number of hydrogen-bond donors (Lipinski definition) is 0. The normalized spacial score (nSPS) is 18.4. The highest BCUT2D eigenvalue weighted by molar-refractivity contribution is 7.97. The zero-order valence-electron chi connectivity index (χ0n) is 18.6. The summed E-state index contributed by atoms with van der Waals surface area (Å²) >= 11 is 0. The molecule has 1 heteroatoms. The van der Waals surface area contributed by atoms with E-state index in [0.717, 1.165) is 11.8 Å². The molecule has 2 aliphatic carbocycles. The van der Waals surface area contributed by atoms with Gasteiger partial charge in [-0.05, 0) is 61.8 Å². The molecule has 3 aromatic rings. The monoisotopic (exact) mass is 427 g/mol. The lowest BCUT2D eigenvalue weighted by molar-refractivity contribution is 0.438. The molecule has 0 aromatic heterocycles. The summed E-state index contributed by atoms with van der Waals surface area (Å²) in [5.41, 5.74) is 3.24. The summed E-state index contributed by atoms with van der Waals surface area (Å²) in [6.45, 7) is 0. The van der Waals surface area contributed by atoms with Gasteiger partial charge in [-0.2, -0.15) is 0 Å². The minimum Gasteiger partial charge on any atom is -0.0619 e. The number of benzene rings is 3. The van der Waals surface area contributed by atoms with E-state index in [1.54, 1.807) is 20.9 Å². The Bertz CT molecular complexity index is 903. The summed E-state index contributed by atoms with van der Waals surface area (Å²) < 4.78 is 0. The molecule has 0 atom stereocenters. The summed E-state index contributed by atoms with van der Waals surface area (Å²) in [5.74, 6) is 1.45. The summed E-state index contributed by atoms with van der Waals surface area (Å²) in [4.78, 5) is 4.61. The van der Waals surface area contributed by atoms with Gasteiger partial charge in [-0.1, -0.05) is 93.1 Å². The van der Waals surface area contributed by atoms with Gasteiger partial charge in [0.15, 0.2) is 14.7 Å². The Kier molecular flexibility index (Phi) is 6.80. The van der Waals surface area contributed by atoms with E-state index in [2.05, 4.69) is 78.9 Å². The first-order valence-corrected chi connectivity index (χ1v) is 13.6.